The van der Waals surface area contributed by atoms with Gasteiger partial charge >= 0.3 is 5.97 Å². The minimum absolute atomic E-state index is 0.124. The van der Waals surface area contributed by atoms with Crippen LogP contribution in [0.3, 0.4) is 0 Å². The molecule has 0 unspecified atom stereocenters. The molecule has 0 spiro atoms. The standard InChI is InChI=1S/C38H70N2O13/c1-15-26-38(10,46)30(42)23(6)33(44)39-19(2)17-37(9,48-14)32(53-35-28(41)25(40(11)12)16-20(3)49-35)21(4)29(22(5)34(45)51-26)52-27-18-36(8,47-13)31(43)24(7)50-27/h19-32,35,41-43,46H,15-18H2,1-14H3,(H,39,44)/t19-,20-,21+,22-,23-,24+,25-,26-,27+,28-,29+,30-,31+,32-,35+,36-,37-,38-/m1/s1. The monoisotopic (exact) mass is 762 g/mol. The maximum absolute atomic E-state index is 14.2. The third kappa shape index (κ3) is 10.1. The Labute approximate surface area is 316 Å². The number of carbonyl (C=O) groups is 2. The van der Waals surface area contributed by atoms with Crippen LogP contribution in [0.15, 0.2) is 0 Å². The largest absolute Gasteiger partial charge is 0.459 e. The first kappa shape index (κ1) is 45.9. The average molecular weight is 763 g/mol. The number of ether oxygens (including phenoxy) is 7. The molecule has 3 rings (SSSR count). The van der Waals surface area contributed by atoms with E-state index in [9.17, 15) is 30.0 Å². The molecule has 53 heavy (non-hydrogen) atoms. The van der Waals surface area contributed by atoms with E-state index in [0.29, 0.717) is 6.42 Å². The summed E-state index contributed by atoms with van der Waals surface area (Å²) >= 11 is 0. The van der Waals surface area contributed by atoms with Crippen LogP contribution in [0.5, 0.6) is 0 Å². The summed E-state index contributed by atoms with van der Waals surface area (Å²) in [4.78, 5) is 29.7. The average Bonchev–Trinajstić information content (AvgIpc) is 3.09. The van der Waals surface area contributed by atoms with Crippen molar-refractivity contribution in [2.75, 3.05) is 28.3 Å². The molecule has 0 aromatic heterocycles. The molecule has 0 radical (unpaired) electrons. The van der Waals surface area contributed by atoms with Gasteiger partial charge in [0.15, 0.2) is 12.6 Å². The van der Waals surface area contributed by atoms with Gasteiger partial charge in [-0.3, -0.25) is 9.59 Å². The predicted octanol–water partition coefficient (Wildman–Crippen LogP) is 1.74. The number of aliphatic hydroxyl groups excluding tert-OH is 3. The van der Waals surface area contributed by atoms with Gasteiger partial charge in [-0.15, -0.1) is 0 Å². The molecule has 15 nitrogen and oxygen atoms in total. The molecule has 1 amide bonds. The number of hydrogen-bond donors (Lipinski definition) is 5. The van der Waals surface area contributed by atoms with Crippen molar-refractivity contribution in [2.45, 2.75) is 185 Å². The minimum Gasteiger partial charge on any atom is -0.459 e. The second-order valence-corrected chi connectivity index (χ2v) is 16.7. The molecular formula is C38H70N2O13. The Kier molecular flexibility index (Phi) is 15.7. The lowest BCUT2D eigenvalue weighted by Crippen LogP contribution is -2.61. The smallest absolute Gasteiger partial charge is 0.311 e. The maximum atomic E-state index is 14.2. The van der Waals surface area contributed by atoms with Crippen LogP contribution in [0, 0.1) is 17.8 Å². The first-order valence-electron chi connectivity index (χ1n) is 19.1. The van der Waals surface area contributed by atoms with Crippen LogP contribution in [-0.2, 0) is 42.7 Å². The van der Waals surface area contributed by atoms with Crippen molar-refractivity contribution in [3.8, 4) is 0 Å². The van der Waals surface area contributed by atoms with Gasteiger partial charge in [0, 0.05) is 38.6 Å². The fraction of sp³-hybridized carbons (Fsp3) is 0.947. The fourth-order valence-corrected chi connectivity index (χ4v) is 8.45. The van der Waals surface area contributed by atoms with Crippen LogP contribution < -0.4 is 5.32 Å². The highest BCUT2D eigenvalue weighted by molar-refractivity contribution is 5.79. The van der Waals surface area contributed by atoms with Gasteiger partial charge < -0.3 is 63.8 Å². The van der Waals surface area contributed by atoms with Gasteiger partial charge in [0.1, 0.15) is 23.9 Å². The van der Waals surface area contributed by atoms with E-state index in [-0.39, 0.29) is 31.4 Å². The van der Waals surface area contributed by atoms with E-state index in [0.717, 1.165) is 0 Å². The third-order valence-electron chi connectivity index (χ3n) is 12.1. The molecule has 3 heterocycles. The zero-order valence-corrected chi connectivity index (χ0v) is 34.4. The summed E-state index contributed by atoms with van der Waals surface area (Å²) in [5.74, 6) is -4.06. The maximum Gasteiger partial charge on any atom is 0.311 e. The minimum atomic E-state index is -1.99. The Morgan fingerprint density at radius 2 is 1.47 bits per heavy atom. The van der Waals surface area contributed by atoms with E-state index in [1.807, 2.05) is 39.8 Å². The van der Waals surface area contributed by atoms with Crippen molar-refractivity contribution < 1.29 is 63.2 Å². The van der Waals surface area contributed by atoms with Crippen molar-refractivity contribution in [3.05, 3.63) is 0 Å². The van der Waals surface area contributed by atoms with Gasteiger partial charge in [0.2, 0.25) is 5.91 Å². The number of methoxy groups -OCH3 is 2. The summed E-state index contributed by atoms with van der Waals surface area (Å²) in [7, 11) is 6.79. The number of hydrogen-bond acceptors (Lipinski definition) is 14. The summed E-state index contributed by atoms with van der Waals surface area (Å²) in [5, 5.41) is 48.4. The SMILES string of the molecule is CC[C@H]1OC(=O)[C@H](C)[C@@H](O[C@H]2C[C@@](C)(OC)[C@@H](O)[C@H](C)O2)[C@H](C)[C@@H](O[C@@H]2O[C@H](C)C[C@@H](N(C)C)[C@H]2O)[C@](C)(OC)C[C@@H](C)NC(=O)[C@H](C)[C@@H](O)[C@]1(C)O. The van der Waals surface area contributed by atoms with Crippen molar-refractivity contribution in [3.63, 3.8) is 0 Å². The fourth-order valence-electron chi connectivity index (χ4n) is 8.45. The van der Waals surface area contributed by atoms with Crippen molar-refractivity contribution >= 4 is 11.9 Å². The highest BCUT2D eigenvalue weighted by Gasteiger charge is 2.53. The first-order valence-corrected chi connectivity index (χ1v) is 19.1. The lowest BCUT2D eigenvalue weighted by molar-refractivity contribution is -0.319. The van der Waals surface area contributed by atoms with E-state index in [1.165, 1.54) is 28.1 Å². The Morgan fingerprint density at radius 1 is 0.868 bits per heavy atom. The number of cyclic esters (lactones) is 1. The van der Waals surface area contributed by atoms with Crippen molar-refractivity contribution in [2.24, 2.45) is 17.8 Å². The molecule has 15 heteroatoms. The van der Waals surface area contributed by atoms with E-state index < -0.39 is 108 Å². The summed E-state index contributed by atoms with van der Waals surface area (Å²) in [6.07, 6.45) is -8.72. The molecule has 3 saturated heterocycles. The number of aliphatic hydroxyl groups is 4. The Hall–Kier alpha value is -1.50. The number of nitrogens with one attached hydrogen (secondary N) is 1. The van der Waals surface area contributed by atoms with Crippen LogP contribution in [0.2, 0.25) is 0 Å². The van der Waals surface area contributed by atoms with E-state index in [4.69, 9.17) is 33.2 Å². The van der Waals surface area contributed by atoms with Crippen LogP contribution in [0.25, 0.3) is 0 Å². The van der Waals surface area contributed by atoms with Gasteiger partial charge in [-0.2, -0.15) is 0 Å². The van der Waals surface area contributed by atoms with Crippen molar-refractivity contribution in [1.29, 1.82) is 0 Å². The highest BCUT2D eigenvalue weighted by Crippen LogP contribution is 2.40. The Balaban J connectivity index is 2.22. The summed E-state index contributed by atoms with van der Waals surface area (Å²) in [5.41, 5.74) is -4.23. The third-order valence-corrected chi connectivity index (χ3v) is 12.1. The highest BCUT2D eigenvalue weighted by atomic mass is 16.7. The van der Waals surface area contributed by atoms with Gasteiger partial charge in [-0.25, -0.2) is 0 Å². The molecule has 310 valence electrons. The Morgan fingerprint density at radius 3 is 2.02 bits per heavy atom. The first-order chi connectivity index (χ1) is 24.5. The number of likely N-dealkylation sites (N-methyl/N-ethyl adjacent to an activating group) is 1. The number of esters is 1. The molecule has 0 aliphatic carbocycles. The number of nitrogens with zero attached hydrogens (tertiary/aromatic N) is 1. The Bertz CT molecular complexity index is 1210. The van der Waals surface area contributed by atoms with Gasteiger partial charge in [0.05, 0.1) is 53.6 Å². The molecule has 3 aliphatic heterocycles. The van der Waals surface area contributed by atoms with Gasteiger partial charge in [-0.05, 0) is 81.8 Å². The van der Waals surface area contributed by atoms with E-state index >= 15 is 0 Å². The molecule has 5 N–H and O–H groups in total. The van der Waals surface area contributed by atoms with Gasteiger partial charge in [0.25, 0.3) is 0 Å². The van der Waals surface area contributed by atoms with Gasteiger partial charge in [-0.1, -0.05) is 20.8 Å². The van der Waals surface area contributed by atoms with Crippen LogP contribution in [-0.4, -0.2) is 156 Å². The number of carbonyl (C=O) groups excluding carboxylic acids is 2. The molecule has 0 aromatic rings. The quantitative estimate of drug-likeness (QED) is 0.225. The lowest BCUT2D eigenvalue weighted by Gasteiger charge is -2.49. The molecule has 0 aromatic carbocycles. The predicted molar refractivity (Wildman–Crippen MR) is 194 cm³/mol. The topological polar surface area (TPSA) is 195 Å². The summed E-state index contributed by atoms with van der Waals surface area (Å²) < 4.78 is 43.9. The number of amides is 1. The van der Waals surface area contributed by atoms with E-state index in [2.05, 4.69) is 5.32 Å². The normalized spacial score (nSPS) is 48.4. The molecule has 0 bridgehead atoms. The molecular weight excluding hydrogens is 692 g/mol. The zero-order valence-electron chi connectivity index (χ0n) is 34.4. The van der Waals surface area contributed by atoms with E-state index in [1.54, 1.807) is 34.6 Å². The zero-order chi connectivity index (χ0) is 40.4. The second kappa shape index (κ2) is 18.2. The molecule has 0 saturated carbocycles. The lowest BCUT2D eigenvalue weighted by atomic mass is 9.78. The molecule has 3 fully saturated rings. The summed E-state index contributed by atoms with van der Waals surface area (Å²) in [6.45, 7) is 17.1. The van der Waals surface area contributed by atoms with Crippen LogP contribution in [0.4, 0.5) is 0 Å². The molecule has 3 aliphatic rings. The molecule has 18 atom stereocenters. The van der Waals surface area contributed by atoms with Crippen LogP contribution >= 0.6 is 0 Å². The second-order valence-electron chi connectivity index (χ2n) is 16.7. The van der Waals surface area contributed by atoms with Crippen molar-refractivity contribution in [1.82, 2.24) is 10.2 Å². The number of rotatable bonds is 8. The summed E-state index contributed by atoms with van der Waals surface area (Å²) in [6, 6.07) is -0.819. The van der Waals surface area contributed by atoms with Crippen LogP contribution in [0.1, 0.15) is 94.9 Å².